The largest absolute Gasteiger partial charge is 0.278 e. The summed E-state index contributed by atoms with van der Waals surface area (Å²) in [6.07, 6.45) is 0.307. The van der Waals surface area contributed by atoms with Gasteiger partial charge in [0.15, 0.2) is 0 Å². The molecule has 3 rings (SSSR count). The average molecular weight is 293 g/mol. The molecule has 0 saturated carbocycles. The SMILES string of the molecule is C[C@@H](c1ccccc1)[C@@H]1CC(=O)N(Cc2ccccc2)C1=O. The summed E-state index contributed by atoms with van der Waals surface area (Å²) in [6, 6.07) is 19.6. The Bertz CT molecular complexity index is 666. The smallest absolute Gasteiger partial charge is 0.233 e. The van der Waals surface area contributed by atoms with Crippen LogP contribution in [0.2, 0.25) is 0 Å². The number of nitrogens with zero attached hydrogens (tertiary/aromatic N) is 1. The summed E-state index contributed by atoms with van der Waals surface area (Å²) in [5.41, 5.74) is 2.09. The highest BCUT2D eigenvalue weighted by Crippen LogP contribution is 2.34. The number of benzene rings is 2. The van der Waals surface area contributed by atoms with Crippen molar-refractivity contribution in [3.63, 3.8) is 0 Å². The quantitative estimate of drug-likeness (QED) is 0.811. The van der Waals surface area contributed by atoms with Gasteiger partial charge in [-0.25, -0.2) is 0 Å². The summed E-state index contributed by atoms with van der Waals surface area (Å²) in [4.78, 5) is 26.3. The van der Waals surface area contributed by atoms with Crippen LogP contribution in [-0.4, -0.2) is 16.7 Å². The third-order valence-corrected chi connectivity index (χ3v) is 4.39. The minimum atomic E-state index is -0.251. The lowest BCUT2D eigenvalue weighted by Crippen LogP contribution is -2.31. The zero-order valence-corrected chi connectivity index (χ0v) is 12.6. The van der Waals surface area contributed by atoms with Gasteiger partial charge < -0.3 is 0 Å². The Labute approximate surface area is 130 Å². The summed E-state index contributed by atoms with van der Waals surface area (Å²) in [5.74, 6) is -0.316. The number of hydrogen-bond acceptors (Lipinski definition) is 2. The summed E-state index contributed by atoms with van der Waals surface area (Å²) in [7, 11) is 0. The van der Waals surface area contributed by atoms with Crippen LogP contribution in [0.1, 0.15) is 30.4 Å². The van der Waals surface area contributed by atoms with Crippen molar-refractivity contribution in [3.05, 3.63) is 71.8 Å². The first-order chi connectivity index (χ1) is 10.7. The monoisotopic (exact) mass is 293 g/mol. The maximum atomic E-state index is 12.6. The van der Waals surface area contributed by atoms with E-state index in [1.807, 2.05) is 67.6 Å². The molecule has 0 aromatic heterocycles. The van der Waals surface area contributed by atoms with Gasteiger partial charge in [-0.05, 0) is 17.0 Å². The predicted molar refractivity (Wildman–Crippen MR) is 85.0 cm³/mol. The van der Waals surface area contributed by atoms with E-state index in [0.29, 0.717) is 13.0 Å². The molecular formula is C19H19NO2. The second-order valence-corrected chi connectivity index (χ2v) is 5.81. The molecule has 1 aliphatic heterocycles. The number of imide groups is 1. The lowest BCUT2D eigenvalue weighted by molar-refractivity contribution is -0.140. The maximum Gasteiger partial charge on any atom is 0.233 e. The molecule has 0 aliphatic carbocycles. The third-order valence-electron chi connectivity index (χ3n) is 4.39. The van der Waals surface area contributed by atoms with Crippen LogP contribution >= 0.6 is 0 Å². The van der Waals surface area contributed by atoms with Gasteiger partial charge in [-0.3, -0.25) is 14.5 Å². The fourth-order valence-corrected chi connectivity index (χ4v) is 3.02. The number of likely N-dealkylation sites (tertiary alicyclic amines) is 1. The van der Waals surface area contributed by atoms with Crippen LogP contribution in [0.25, 0.3) is 0 Å². The van der Waals surface area contributed by atoms with Crippen LogP contribution in [0, 0.1) is 5.92 Å². The Morgan fingerprint density at radius 3 is 2.23 bits per heavy atom. The van der Waals surface area contributed by atoms with Crippen molar-refractivity contribution in [1.82, 2.24) is 4.90 Å². The van der Waals surface area contributed by atoms with Gasteiger partial charge in [-0.15, -0.1) is 0 Å². The number of rotatable bonds is 4. The highest BCUT2D eigenvalue weighted by atomic mass is 16.2. The highest BCUT2D eigenvalue weighted by molar-refractivity contribution is 6.03. The molecule has 3 heteroatoms. The topological polar surface area (TPSA) is 37.4 Å². The highest BCUT2D eigenvalue weighted by Gasteiger charge is 2.41. The fourth-order valence-electron chi connectivity index (χ4n) is 3.02. The molecule has 0 N–H and O–H groups in total. The normalized spacial score (nSPS) is 19.5. The molecule has 2 amide bonds. The Morgan fingerprint density at radius 2 is 1.59 bits per heavy atom. The van der Waals surface area contributed by atoms with Crippen molar-refractivity contribution in [2.24, 2.45) is 5.92 Å². The fraction of sp³-hybridized carbons (Fsp3) is 0.263. The number of amides is 2. The molecule has 1 aliphatic rings. The van der Waals surface area contributed by atoms with Crippen LogP contribution in [0.3, 0.4) is 0 Å². The predicted octanol–water partition coefficient (Wildman–Crippen LogP) is 3.37. The molecule has 1 saturated heterocycles. The molecule has 1 fully saturated rings. The van der Waals surface area contributed by atoms with Crippen molar-refractivity contribution in [2.75, 3.05) is 0 Å². The van der Waals surface area contributed by atoms with Gasteiger partial charge >= 0.3 is 0 Å². The molecule has 0 radical (unpaired) electrons. The minimum Gasteiger partial charge on any atom is -0.278 e. The zero-order valence-electron chi connectivity index (χ0n) is 12.6. The van der Waals surface area contributed by atoms with Gasteiger partial charge in [0.05, 0.1) is 12.5 Å². The van der Waals surface area contributed by atoms with Crippen molar-refractivity contribution in [2.45, 2.75) is 25.8 Å². The standard InChI is InChI=1S/C19H19NO2/c1-14(16-10-6-3-7-11-16)17-12-18(21)20(19(17)22)13-15-8-4-2-5-9-15/h2-11,14,17H,12-13H2,1H3/t14-,17-/m0/s1. The van der Waals surface area contributed by atoms with Gasteiger partial charge in [0, 0.05) is 6.42 Å². The van der Waals surface area contributed by atoms with Crippen LogP contribution in [0.4, 0.5) is 0 Å². The van der Waals surface area contributed by atoms with E-state index in [2.05, 4.69) is 0 Å². The first kappa shape index (κ1) is 14.5. The van der Waals surface area contributed by atoms with Crippen molar-refractivity contribution in [1.29, 1.82) is 0 Å². The van der Waals surface area contributed by atoms with Gasteiger partial charge in [0.2, 0.25) is 11.8 Å². The summed E-state index contributed by atoms with van der Waals surface area (Å²) >= 11 is 0. The second kappa shape index (κ2) is 6.14. The molecule has 112 valence electrons. The van der Waals surface area contributed by atoms with E-state index in [-0.39, 0.29) is 23.7 Å². The molecular weight excluding hydrogens is 274 g/mol. The van der Waals surface area contributed by atoms with Gasteiger partial charge in [-0.2, -0.15) is 0 Å². The first-order valence-corrected chi connectivity index (χ1v) is 7.60. The Hall–Kier alpha value is -2.42. The Kier molecular flexibility index (Phi) is 4.05. The molecule has 22 heavy (non-hydrogen) atoms. The van der Waals surface area contributed by atoms with Gasteiger partial charge in [0.25, 0.3) is 0 Å². The molecule has 0 spiro atoms. The van der Waals surface area contributed by atoms with Crippen LogP contribution in [-0.2, 0) is 16.1 Å². The van der Waals surface area contributed by atoms with Crippen LogP contribution in [0.5, 0.6) is 0 Å². The molecule has 0 unspecified atom stereocenters. The zero-order chi connectivity index (χ0) is 15.5. The van der Waals surface area contributed by atoms with E-state index in [4.69, 9.17) is 0 Å². The average Bonchev–Trinajstić information content (AvgIpc) is 2.84. The van der Waals surface area contributed by atoms with Gasteiger partial charge in [-0.1, -0.05) is 67.6 Å². The van der Waals surface area contributed by atoms with E-state index in [9.17, 15) is 9.59 Å². The van der Waals surface area contributed by atoms with Crippen LogP contribution in [0.15, 0.2) is 60.7 Å². The Balaban J connectivity index is 1.77. The summed E-state index contributed by atoms with van der Waals surface area (Å²) < 4.78 is 0. The second-order valence-electron chi connectivity index (χ2n) is 5.81. The van der Waals surface area contributed by atoms with Crippen LogP contribution < -0.4 is 0 Å². The number of carbonyl (C=O) groups is 2. The maximum absolute atomic E-state index is 12.6. The van der Waals surface area contributed by atoms with Crippen molar-refractivity contribution in [3.8, 4) is 0 Å². The van der Waals surface area contributed by atoms with E-state index in [0.717, 1.165) is 11.1 Å². The lowest BCUT2D eigenvalue weighted by atomic mass is 9.86. The third kappa shape index (κ3) is 2.80. The summed E-state index contributed by atoms with van der Waals surface area (Å²) in [5, 5.41) is 0. The van der Waals surface area contributed by atoms with E-state index >= 15 is 0 Å². The number of hydrogen-bond donors (Lipinski definition) is 0. The number of carbonyl (C=O) groups excluding carboxylic acids is 2. The van der Waals surface area contributed by atoms with E-state index in [1.54, 1.807) is 0 Å². The molecule has 2 aromatic rings. The molecule has 2 aromatic carbocycles. The Morgan fingerprint density at radius 1 is 1.00 bits per heavy atom. The van der Waals surface area contributed by atoms with E-state index in [1.165, 1.54) is 4.90 Å². The first-order valence-electron chi connectivity index (χ1n) is 7.60. The van der Waals surface area contributed by atoms with Crippen molar-refractivity contribution >= 4 is 11.8 Å². The lowest BCUT2D eigenvalue weighted by Gasteiger charge is -2.19. The van der Waals surface area contributed by atoms with Gasteiger partial charge in [0.1, 0.15) is 0 Å². The molecule has 1 heterocycles. The minimum absolute atomic E-state index is 0.0507. The molecule has 3 nitrogen and oxygen atoms in total. The summed E-state index contributed by atoms with van der Waals surface area (Å²) in [6.45, 7) is 2.40. The molecule has 2 atom stereocenters. The van der Waals surface area contributed by atoms with E-state index < -0.39 is 0 Å². The molecule has 0 bridgehead atoms. The van der Waals surface area contributed by atoms with Crippen molar-refractivity contribution < 1.29 is 9.59 Å².